The maximum absolute atomic E-state index is 12.8. The summed E-state index contributed by atoms with van der Waals surface area (Å²) >= 11 is 0. The Kier molecular flexibility index (Phi) is 5.82. The summed E-state index contributed by atoms with van der Waals surface area (Å²) in [5, 5.41) is 3.67. The largest absolute Gasteiger partial charge is 0.460 e. The monoisotopic (exact) mass is 401 g/mol. The third-order valence-corrected chi connectivity index (χ3v) is 5.56. The van der Waals surface area contributed by atoms with E-state index in [1.54, 1.807) is 6.92 Å². The Hall–Kier alpha value is -2.45. The van der Waals surface area contributed by atoms with Gasteiger partial charge in [0.2, 0.25) is 17.4 Å². The molecular formula is C21H27N3O5. The molecule has 1 saturated heterocycles. The minimum absolute atomic E-state index is 0.0167. The first kappa shape index (κ1) is 19.8. The molecule has 0 atom stereocenters. The molecule has 1 N–H and O–H groups in total. The van der Waals surface area contributed by atoms with Gasteiger partial charge in [0.15, 0.2) is 0 Å². The van der Waals surface area contributed by atoms with E-state index in [0.29, 0.717) is 37.7 Å². The van der Waals surface area contributed by atoms with Crippen molar-refractivity contribution < 1.29 is 23.5 Å². The molecule has 0 aromatic carbocycles. The molecule has 0 bridgehead atoms. The molecule has 2 aromatic heterocycles. The Morgan fingerprint density at radius 1 is 1.17 bits per heavy atom. The Morgan fingerprint density at radius 2 is 1.90 bits per heavy atom. The van der Waals surface area contributed by atoms with E-state index in [4.69, 9.17) is 13.9 Å². The summed E-state index contributed by atoms with van der Waals surface area (Å²) in [5.74, 6) is -0.761. The summed E-state index contributed by atoms with van der Waals surface area (Å²) in [6, 6.07) is 0. The highest BCUT2D eigenvalue weighted by atomic mass is 16.5. The molecule has 1 aliphatic heterocycles. The van der Waals surface area contributed by atoms with Crippen LogP contribution in [0.4, 0.5) is 5.69 Å². The van der Waals surface area contributed by atoms with Gasteiger partial charge in [0.25, 0.3) is 0 Å². The van der Waals surface area contributed by atoms with Crippen LogP contribution in [0.2, 0.25) is 0 Å². The number of hydrogen-bond donors (Lipinski definition) is 1. The van der Waals surface area contributed by atoms with Crippen LogP contribution in [-0.2, 0) is 27.1 Å². The van der Waals surface area contributed by atoms with Crippen LogP contribution in [0.3, 0.4) is 0 Å². The number of ether oxygens (including phenoxy) is 2. The minimum atomic E-state index is -0.589. The van der Waals surface area contributed by atoms with Crippen LogP contribution in [0.1, 0.15) is 47.1 Å². The van der Waals surface area contributed by atoms with Gasteiger partial charge < -0.3 is 19.2 Å². The first-order chi connectivity index (χ1) is 14.1. The number of hydrogen-bond acceptors (Lipinski definition) is 7. The molecule has 0 spiro atoms. The van der Waals surface area contributed by atoms with Gasteiger partial charge in [0.05, 0.1) is 31.8 Å². The SMILES string of the molecule is CCOC(=O)c1oc2nc(C)c3c(c2c1NC(=O)CN1CCOCC1)CCCC3. The molecule has 2 aromatic rings. The van der Waals surface area contributed by atoms with E-state index in [2.05, 4.69) is 10.3 Å². The molecule has 8 nitrogen and oxygen atoms in total. The van der Waals surface area contributed by atoms with Crippen molar-refractivity contribution in [2.24, 2.45) is 0 Å². The van der Waals surface area contributed by atoms with E-state index < -0.39 is 5.97 Å². The number of furan rings is 1. The highest BCUT2D eigenvalue weighted by Gasteiger charge is 2.29. The zero-order valence-electron chi connectivity index (χ0n) is 17.0. The number of fused-ring (bicyclic) bond motifs is 3. The Balaban J connectivity index is 1.73. The molecule has 2 aliphatic rings. The van der Waals surface area contributed by atoms with Crippen LogP contribution in [0.15, 0.2) is 4.42 Å². The van der Waals surface area contributed by atoms with E-state index >= 15 is 0 Å². The van der Waals surface area contributed by atoms with Crippen molar-refractivity contribution >= 4 is 28.7 Å². The second kappa shape index (κ2) is 8.51. The van der Waals surface area contributed by atoms with Crippen LogP contribution in [0.5, 0.6) is 0 Å². The van der Waals surface area contributed by atoms with Crippen molar-refractivity contribution in [3.63, 3.8) is 0 Å². The maximum atomic E-state index is 12.8. The summed E-state index contributed by atoms with van der Waals surface area (Å²) in [7, 11) is 0. The molecule has 0 saturated carbocycles. The van der Waals surface area contributed by atoms with Crippen LogP contribution in [-0.4, -0.2) is 61.2 Å². The van der Waals surface area contributed by atoms with Gasteiger partial charge in [-0.25, -0.2) is 9.78 Å². The predicted octanol–water partition coefficient (Wildman–Crippen LogP) is 2.46. The zero-order valence-corrected chi connectivity index (χ0v) is 17.0. The maximum Gasteiger partial charge on any atom is 0.376 e. The van der Waals surface area contributed by atoms with Crippen LogP contribution in [0.25, 0.3) is 11.1 Å². The third-order valence-electron chi connectivity index (χ3n) is 5.56. The molecule has 3 heterocycles. The quantitative estimate of drug-likeness (QED) is 0.769. The van der Waals surface area contributed by atoms with Crippen LogP contribution in [0, 0.1) is 6.92 Å². The minimum Gasteiger partial charge on any atom is -0.460 e. The highest BCUT2D eigenvalue weighted by molar-refractivity contribution is 6.10. The van der Waals surface area contributed by atoms with Gasteiger partial charge in [0, 0.05) is 18.8 Å². The number of carbonyl (C=O) groups excluding carboxylic acids is 2. The van der Waals surface area contributed by atoms with E-state index in [-0.39, 0.29) is 24.8 Å². The van der Waals surface area contributed by atoms with Crippen molar-refractivity contribution in [3.8, 4) is 0 Å². The molecular weight excluding hydrogens is 374 g/mol. The predicted molar refractivity (Wildman–Crippen MR) is 107 cm³/mol. The Morgan fingerprint density at radius 3 is 2.62 bits per heavy atom. The number of anilines is 1. The van der Waals surface area contributed by atoms with E-state index in [0.717, 1.165) is 42.3 Å². The lowest BCUT2D eigenvalue weighted by atomic mass is 9.89. The van der Waals surface area contributed by atoms with Crippen molar-refractivity contribution in [1.29, 1.82) is 0 Å². The molecule has 4 rings (SSSR count). The summed E-state index contributed by atoms with van der Waals surface area (Å²) in [5.41, 5.74) is 4.01. The van der Waals surface area contributed by atoms with Crippen molar-refractivity contribution in [2.45, 2.75) is 39.5 Å². The number of esters is 1. The highest BCUT2D eigenvalue weighted by Crippen LogP contribution is 2.38. The number of nitrogens with one attached hydrogen (secondary N) is 1. The van der Waals surface area contributed by atoms with Gasteiger partial charge in [-0.3, -0.25) is 9.69 Å². The second-order valence-corrected chi connectivity index (χ2v) is 7.50. The fraction of sp³-hybridized carbons (Fsp3) is 0.571. The number of amides is 1. The number of rotatable bonds is 5. The van der Waals surface area contributed by atoms with Gasteiger partial charge >= 0.3 is 5.97 Å². The Bertz CT molecular complexity index is 930. The van der Waals surface area contributed by atoms with E-state index in [1.165, 1.54) is 5.56 Å². The molecule has 8 heteroatoms. The van der Waals surface area contributed by atoms with Gasteiger partial charge in [0.1, 0.15) is 5.69 Å². The number of morpholine rings is 1. The molecule has 1 fully saturated rings. The summed E-state index contributed by atoms with van der Waals surface area (Å²) in [6.45, 7) is 6.82. The van der Waals surface area contributed by atoms with E-state index in [9.17, 15) is 9.59 Å². The third kappa shape index (κ3) is 4.00. The lowest BCUT2D eigenvalue weighted by Gasteiger charge is -2.25. The summed E-state index contributed by atoms with van der Waals surface area (Å²) in [4.78, 5) is 31.9. The molecule has 1 aliphatic carbocycles. The molecule has 156 valence electrons. The van der Waals surface area contributed by atoms with Crippen molar-refractivity contribution in [1.82, 2.24) is 9.88 Å². The molecule has 0 radical (unpaired) electrons. The molecule has 29 heavy (non-hydrogen) atoms. The topological polar surface area (TPSA) is 93.9 Å². The number of aryl methyl sites for hydroxylation is 2. The average Bonchev–Trinajstić information content (AvgIpc) is 3.07. The number of nitrogens with zero attached hydrogens (tertiary/aromatic N) is 2. The molecule has 1 amide bonds. The smallest absolute Gasteiger partial charge is 0.376 e. The Labute approximate surface area is 169 Å². The summed E-state index contributed by atoms with van der Waals surface area (Å²) < 4.78 is 16.3. The van der Waals surface area contributed by atoms with Gasteiger partial charge in [-0.15, -0.1) is 0 Å². The zero-order chi connectivity index (χ0) is 20.4. The normalized spacial score (nSPS) is 17.2. The van der Waals surface area contributed by atoms with Crippen LogP contribution >= 0.6 is 0 Å². The average molecular weight is 401 g/mol. The number of carbonyl (C=O) groups is 2. The fourth-order valence-corrected chi connectivity index (χ4v) is 4.18. The standard InChI is InChI=1S/C21H27N3O5/c1-3-28-21(26)19-18(23-16(25)12-24-8-10-27-11-9-24)17-15-7-5-4-6-14(15)13(2)22-20(17)29-19/h3-12H2,1-2H3,(H,23,25). The summed E-state index contributed by atoms with van der Waals surface area (Å²) in [6.07, 6.45) is 4.00. The van der Waals surface area contributed by atoms with Crippen molar-refractivity contribution in [3.05, 3.63) is 22.6 Å². The number of pyridine rings is 1. The second-order valence-electron chi connectivity index (χ2n) is 7.50. The number of aromatic nitrogens is 1. The van der Waals surface area contributed by atoms with Gasteiger partial charge in [-0.1, -0.05) is 0 Å². The van der Waals surface area contributed by atoms with Crippen molar-refractivity contribution in [2.75, 3.05) is 44.8 Å². The van der Waals surface area contributed by atoms with Gasteiger partial charge in [-0.05, 0) is 50.7 Å². The first-order valence-electron chi connectivity index (χ1n) is 10.3. The lowest BCUT2D eigenvalue weighted by Crippen LogP contribution is -2.41. The van der Waals surface area contributed by atoms with E-state index in [1.807, 2.05) is 11.8 Å². The first-order valence-corrected chi connectivity index (χ1v) is 10.3. The van der Waals surface area contributed by atoms with Gasteiger partial charge in [-0.2, -0.15) is 0 Å². The van der Waals surface area contributed by atoms with Crippen LogP contribution < -0.4 is 5.32 Å². The lowest BCUT2D eigenvalue weighted by molar-refractivity contribution is -0.118. The molecule has 0 unspecified atom stereocenters. The fourth-order valence-electron chi connectivity index (χ4n) is 4.18.